The highest BCUT2D eigenvalue weighted by Gasteiger charge is 2.21. The fourth-order valence-electron chi connectivity index (χ4n) is 7.93. The first-order chi connectivity index (χ1) is 27.7. The van der Waals surface area contributed by atoms with Gasteiger partial charge in [-0.3, -0.25) is 0 Å². The zero-order valence-electron chi connectivity index (χ0n) is 30.1. The van der Waals surface area contributed by atoms with Crippen molar-refractivity contribution in [3.8, 4) is 67.5 Å². The molecule has 0 radical (unpaired) electrons. The Labute approximate surface area is 327 Å². The first-order valence-electron chi connectivity index (χ1n) is 18.7. The van der Waals surface area contributed by atoms with Crippen LogP contribution in [0, 0.1) is 0 Å². The molecule has 11 aromatic rings. The highest BCUT2D eigenvalue weighted by Crippen LogP contribution is 2.44. The van der Waals surface area contributed by atoms with E-state index < -0.39 is 0 Å². The summed E-state index contributed by atoms with van der Waals surface area (Å²) in [5, 5.41) is 4.53. The van der Waals surface area contributed by atoms with Crippen LogP contribution in [0.15, 0.2) is 192 Å². The van der Waals surface area contributed by atoms with Crippen molar-refractivity contribution >= 4 is 53.4 Å². The summed E-state index contributed by atoms with van der Waals surface area (Å²) in [5.41, 5.74) is 11.0. The fraction of sp³-hybridized carbons (Fsp3) is 0. The van der Waals surface area contributed by atoms with Gasteiger partial charge >= 0.3 is 0 Å². The maximum atomic E-state index is 6.77. The summed E-state index contributed by atoms with van der Waals surface area (Å²) in [7, 11) is 0. The Morgan fingerprint density at radius 3 is 1.73 bits per heavy atom. The predicted octanol–water partition coefficient (Wildman–Crippen LogP) is 14.1. The normalized spacial score (nSPS) is 11.6. The largest absolute Gasteiger partial charge is 0.455 e. The Morgan fingerprint density at radius 1 is 0.339 bits per heavy atom. The second-order valence-corrected chi connectivity index (χ2v) is 15.0. The van der Waals surface area contributed by atoms with Gasteiger partial charge in [-0.05, 0) is 64.2 Å². The van der Waals surface area contributed by atoms with Crippen LogP contribution in [0.25, 0.3) is 110 Å². The molecule has 0 aliphatic carbocycles. The van der Waals surface area contributed by atoms with Gasteiger partial charge < -0.3 is 4.42 Å². The molecule has 0 aliphatic heterocycles. The molecule has 0 amide bonds. The number of rotatable bonds is 6. The van der Waals surface area contributed by atoms with Crippen LogP contribution in [-0.4, -0.2) is 15.0 Å². The standard InChI is InChI=1S/C51H31N3OS/c1-4-15-32(16-5-1)37-30-41(33-17-6-2-7-18-33)48-42(31-37)46-40(25-13-26-43(46)55-48)51-53-49(34-19-8-3-9-20-34)52-50(54-51)36-22-12-21-35(29-36)38-24-14-28-45-47(38)39-23-10-11-27-44(39)56-45/h1-31H. The fourth-order valence-corrected chi connectivity index (χ4v) is 9.06. The number of furan rings is 1. The summed E-state index contributed by atoms with van der Waals surface area (Å²) in [4.78, 5) is 15.6. The molecule has 4 nitrogen and oxygen atoms in total. The van der Waals surface area contributed by atoms with Gasteiger partial charge in [0, 0.05) is 53.2 Å². The van der Waals surface area contributed by atoms with Crippen molar-refractivity contribution in [2.24, 2.45) is 0 Å². The quantitative estimate of drug-likeness (QED) is 0.171. The van der Waals surface area contributed by atoms with Crippen molar-refractivity contribution in [3.63, 3.8) is 0 Å². The zero-order valence-corrected chi connectivity index (χ0v) is 30.9. The smallest absolute Gasteiger partial charge is 0.164 e. The van der Waals surface area contributed by atoms with Crippen LogP contribution in [0.2, 0.25) is 0 Å². The molecule has 262 valence electrons. The van der Waals surface area contributed by atoms with E-state index in [4.69, 9.17) is 19.4 Å². The Balaban J connectivity index is 1.14. The molecule has 0 aliphatic rings. The summed E-state index contributed by atoms with van der Waals surface area (Å²) in [5.74, 6) is 1.81. The van der Waals surface area contributed by atoms with Crippen LogP contribution in [0.3, 0.4) is 0 Å². The van der Waals surface area contributed by atoms with Gasteiger partial charge in [-0.25, -0.2) is 15.0 Å². The number of fused-ring (bicyclic) bond motifs is 6. The maximum Gasteiger partial charge on any atom is 0.164 e. The van der Waals surface area contributed by atoms with E-state index in [-0.39, 0.29) is 0 Å². The minimum atomic E-state index is 0.588. The minimum Gasteiger partial charge on any atom is -0.455 e. The lowest BCUT2D eigenvalue weighted by Gasteiger charge is -2.11. The Kier molecular flexibility index (Phi) is 7.64. The number of benzene rings is 8. The van der Waals surface area contributed by atoms with Crippen LogP contribution in [0.1, 0.15) is 0 Å². The van der Waals surface area contributed by atoms with E-state index in [9.17, 15) is 0 Å². The minimum absolute atomic E-state index is 0.588. The van der Waals surface area contributed by atoms with Gasteiger partial charge in [0.05, 0.1) is 0 Å². The molecular weight excluding hydrogens is 703 g/mol. The van der Waals surface area contributed by atoms with Gasteiger partial charge in [-0.15, -0.1) is 11.3 Å². The molecule has 0 atom stereocenters. The van der Waals surface area contributed by atoms with Gasteiger partial charge in [-0.2, -0.15) is 0 Å². The third-order valence-electron chi connectivity index (χ3n) is 10.5. The highest BCUT2D eigenvalue weighted by molar-refractivity contribution is 7.25. The lowest BCUT2D eigenvalue weighted by atomic mass is 9.95. The number of hydrogen-bond donors (Lipinski definition) is 0. The lowest BCUT2D eigenvalue weighted by Crippen LogP contribution is -2.00. The van der Waals surface area contributed by atoms with Crippen LogP contribution in [-0.2, 0) is 0 Å². The number of aromatic nitrogens is 3. The van der Waals surface area contributed by atoms with Crippen LogP contribution < -0.4 is 0 Å². The number of nitrogens with zero attached hydrogens (tertiary/aromatic N) is 3. The molecule has 0 bridgehead atoms. The first kappa shape index (κ1) is 32.2. The molecule has 56 heavy (non-hydrogen) atoms. The second-order valence-electron chi connectivity index (χ2n) is 13.9. The average Bonchev–Trinajstić information content (AvgIpc) is 3.86. The van der Waals surface area contributed by atoms with Gasteiger partial charge in [-0.1, -0.05) is 152 Å². The van der Waals surface area contributed by atoms with E-state index in [1.54, 1.807) is 0 Å². The van der Waals surface area contributed by atoms with Gasteiger partial charge in [0.1, 0.15) is 11.2 Å². The van der Waals surface area contributed by atoms with Crippen molar-refractivity contribution < 1.29 is 4.42 Å². The van der Waals surface area contributed by atoms with Crippen LogP contribution in [0.4, 0.5) is 0 Å². The molecule has 5 heteroatoms. The van der Waals surface area contributed by atoms with Crippen molar-refractivity contribution in [1.82, 2.24) is 15.0 Å². The van der Waals surface area contributed by atoms with Gasteiger partial charge in [0.15, 0.2) is 17.5 Å². The van der Waals surface area contributed by atoms with E-state index in [2.05, 4.69) is 133 Å². The molecule has 0 N–H and O–H groups in total. The van der Waals surface area contributed by atoms with E-state index in [1.165, 1.54) is 25.7 Å². The second kappa shape index (κ2) is 13.3. The summed E-state index contributed by atoms with van der Waals surface area (Å²) in [6.07, 6.45) is 0. The molecule has 8 aromatic carbocycles. The van der Waals surface area contributed by atoms with Crippen molar-refractivity contribution in [3.05, 3.63) is 188 Å². The Bertz CT molecular complexity index is 3240. The van der Waals surface area contributed by atoms with E-state index >= 15 is 0 Å². The van der Waals surface area contributed by atoms with Gasteiger partial charge in [0.2, 0.25) is 0 Å². The summed E-state index contributed by atoms with van der Waals surface area (Å²) >= 11 is 1.83. The molecule has 0 saturated carbocycles. The number of thiophene rings is 1. The van der Waals surface area contributed by atoms with Crippen molar-refractivity contribution in [2.45, 2.75) is 0 Å². The van der Waals surface area contributed by atoms with Crippen LogP contribution >= 0.6 is 11.3 Å². The highest BCUT2D eigenvalue weighted by atomic mass is 32.1. The molecule has 0 saturated heterocycles. The van der Waals surface area contributed by atoms with Crippen molar-refractivity contribution in [1.29, 1.82) is 0 Å². The Morgan fingerprint density at radius 2 is 0.929 bits per heavy atom. The number of hydrogen-bond acceptors (Lipinski definition) is 5. The lowest BCUT2D eigenvalue weighted by molar-refractivity contribution is 0.670. The summed E-state index contributed by atoms with van der Waals surface area (Å²) in [6.45, 7) is 0. The topological polar surface area (TPSA) is 51.8 Å². The summed E-state index contributed by atoms with van der Waals surface area (Å²) < 4.78 is 9.33. The van der Waals surface area contributed by atoms with E-state index in [0.29, 0.717) is 17.5 Å². The van der Waals surface area contributed by atoms with E-state index in [0.717, 1.165) is 66.4 Å². The van der Waals surface area contributed by atoms with Crippen molar-refractivity contribution in [2.75, 3.05) is 0 Å². The van der Waals surface area contributed by atoms with Crippen LogP contribution in [0.5, 0.6) is 0 Å². The molecule has 0 fully saturated rings. The molecule has 0 spiro atoms. The third kappa shape index (κ3) is 5.48. The molecule has 0 unspecified atom stereocenters. The van der Waals surface area contributed by atoms with E-state index in [1.807, 2.05) is 65.9 Å². The molecule has 3 aromatic heterocycles. The third-order valence-corrected chi connectivity index (χ3v) is 11.7. The average molecular weight is 734 g/mol. The molecular formula is C51H31N3OS. The predicted molar refractivity (Wildman–Crippen MR) is 233 cm³/mol. The first-order valence-corrected chi connectivity index (χ1v) is 19.5. The molecule has 3 heterocycles. The maximum absolute atomic E-state index is 6.77. The zero-order chi connectivity index (χ0) is 37.0. The SMILES string of the molecule is c1ccc(-c2cc(-c3ccccc3)c3oc4cccc(-c5nc(-c6ccccc6)nc(-c6cccc(-c7cccc8sc9ccccc9c78)c6)n5)c4c3c2)cc1. The molecule has 11 rings (SSSR count). The monoisotopic (exact) mass is 733 g/mol. The summed E-state index contributed by atoms with van der Waals surface area (Å²) in [6, 6.07) is 65.6. The Hall–Kier alpha value is -7.21. The van der Waals surface area contributed by atoms with Gasteiger partial charge in [0.25, 0.3) is 0 Å².